The molecule has 1 aliphatic carbocycles. The van der Waals surface area contributed by atoms with E-state index in [9.17, 15) is 9.18 Å². The molecule has 0 radical (unpaired) electrons. The highest BCUT2D eigenvalue weighted by Gasteiger charge is 2.26. The minimum absolute atomic E-state index is 0.128. The highest BCUT2D eigenvalue weighted by molar-refractivity contribution is 7.15. The molecule has 2 aromatic heterocycles. The van der Waals surface area contributed by atoms with Crippen molar-refractivity contribution >= 4 is 29.1 Å². The molecule has 0 unspecified atom stereocenters. The number of amides is 1. The average molecular weight is 445 g/mol. The smallest absolute Gasteiger partial charge is 0.407 e. The first kappa shape index (κ1) is 21.3. The van der Waals surface area contributed by atoms with Crippen molar-refractivity contribution in [2.24, 2.45) is 0 Å². The van der Waals surface area contributed by atoms with Crippen molar-refractivity contribution in [1.29, 1.82) is 0 Å². The summed E-state index contributed by atoms with van der Waals surface area (Å²) in [5.74, 6) is -0.00437. The number of halogens is 1. The van der Waals surface area contributed by atoms with Crippen molar-refractivity contribution in [2.45, 2.75) is 57.6 Å². The van der Waals surface area contributed by atoms with Crippen LogP contribution in [0.25, 0.3) is 10.4 Å². The average Bonchev–Trinajstić information content (AvgIpc) is 3.40. The fourth-order valence-electron chi connectivity index (χ4n) is 3.70. The van der Waals surface area contributed by atoms with Crippen molar-refractivity contribution in [1.82, 2.24) is 15.3 Å². The van der Waals surface area contributed by atoms with E-state index >= 15 is 0 Å². The molecule has 0 spiro atoms. The predicted octanol–water partition coefficient (Wildman–Crippen LogP) is 5.84. The third-order valence-electron chi connectivity index (χ3n) is 5.18. The predicted molar refractivity (Wildman–Crippen MR) is 117 cm³/mol. The summed E-state index contributed by atoms with van der Waals surface area (Å²) in [6.45, 7) is 3.67. The maximum absolute atomic E-state index is 14.7. The van der Waals surface area contributed by atoms with Gasteiger partial charge in [0.05, 0.1) is 22.2 Å². The largest absolute Gasteiger partial charge is 0.447 e. The van der Waals surface area contributed by atoms with E-state index in [4.69, 9.17) is 9.15 Å². The summed E-state index contributed by atoms with van der Waals surface area (Å²) in [5.41, 5.74) is 1.09. The number of hydrogen-bond acceptors (Lipinski definition) is 7. The Morgan fingerprint density at radius 2 is 2.06 bits per heavy atom. The van der Waals surface area contributed by atoms with Gasteiger partial charge >= 0.3 is 6.09 Å². The van der Waals surface area contributed by atoms with Crippen molar-refractivity contribution in [3.63, 3.8) is 0 Å². The summed E-state index contributed by atoms with van der Waals surface area (Å²) in [6, 6.07) is 5.39. The summed E-state index contributed by atoms with van der Waals surface area (Å²) < 4.78 is 25.0. The second-order valence-electron chi connectivity index (χ2n) is 7.87. The summed E-state index contributed by atoms with van der Waals surface area (Å²) in [5, 5.41) is 6.87. The normalized spacial score (nSPS) is 18.7. The Labute approximate surface area is 184 Å². The van der Waals surface area contributed by atoms with Gasteiger partial charge < -0.3 is 19.8 Å². The molecular weight excluding hydrogens is 419 g/mol. The van der Waals surface area contributed by atoms with E-state index < -0.39 is 0 Å². The van der Waals surface area contributed by atoms with Gasteiger partial charge in [-0.15, -0.1) is 11.3 Å². The van der Waals surface area contributed by atoms with Crippen LogP contribution in [0.1, 0.15) is 50.5 Å². The monoisotopic (exact) mass is 444 g/mol. The number of carbonyl (C=O) groups excluding carboxylic acids is 1. The van der Waals surface area contributed by atoms with Crippen molar-refractivity contribution in [2.75, 3.05) is 5.32 Å². The highest BCUT2D eigenvalue weighted by atomic mass is 32.1. The number of nitrogens with zero attached hydrogens (tertiary/aromatic N) is 2. The molecule has 2 heterocycles. The summed E-state index contributed by atoms with van der Waals surface area (Å²) in [6.07, 6.45) is 7.85. The minimum atomic E-state index is -0.355. The number of anilines is 2. The maximum atomic E-state index is 14.7. The van der Waals surface area contributed by atoms with Crippen LogP contribution in [0.15, 0.2) is 41.3 Å². The molecule has 9 heteroatoms. The summed E-state index contributed by atoms with van der Waals surface area (Å²) in [4.78, 5) is 21.1. The quantitative estimate of drug-likeness (QED) is 0.496. The fourth-order valence-corrected chi connectivity index (χ4v) is 4.82. The number of benzene rings is 1. The molecule has 31 heavy (non-hydrogen) atoms. The molecule has 2 N–H and O–H groups in total. The number of rotatable bonds is 6. The van der Waals surface area contributed by atoms with Gasteiger partial charge in [-0.3, -0.25) is 0 Å². The second kappa shape index (κ2) is 9.47. The molecule has 4 rings (SSSR count). The van der Waals surface area contributed by atoms with E-state index in [-0.39, 0.29) is 24.1 Å². The summed E-state index contributed by atoms with van der Waals surface area (Å²) >= 11 is 1.53. The van der Waals surface area contributed by atoms with Crippen LogP contribution in [0.4, 0.5) is 20.9 Å². The van der Waals surface area contributed by atoms with Crippen LogP contribution in [0.3, 0.4) is 0 Å². The maximum Gasteiger partial charge on any atom is 0.407 e. The van der Waals surface area contributed by atoms with Crippen LogP contribution in [0.2, 0.25) is 0 Å². The zero-order chi connectivity index (χ0) is 21.8. The topological polar surface area (TPSA) is 89.3 Å². The minimum Gasteiger partial charge on any atom is -0.447 e. The van der Waals surface area contributed by atoms with Gasteiger partial charge in [0, 0.05) is 29.4 Å². The molecule has 0 saturated heterocycles. The Kier molecular flexibility index (Phi) is 6.50. The van der Waals surface area contributed by atoms with Crippen LogP contribution in [0.5, 0.6) is 0 Å². The Balaban J connectivity index is 1.36. The van der Waals surface area contributed by atoms with Gasteiger partial charge in [0.25, 0.3) is 6.01 Å². The van der Waals surface area contributed by atoms with Crippen LogP contribution in [-0.4, -0.2) is 28.2 Å². The molecule has 7 nitrogen and oxygen atoms in total. The molecule has 1 amide bonds. The lowest BCUT2D eigenvalue weighted by Crippen LogP contribution is -2.38. The molecule has 1 fully saturated rings. The van der Waals surface area contributed by atoms with Gasteiger partial charge in [-0.05, 0) is 57.7 Å². The number of carbonyl (C=O) groups is 1. The van der Waals surface area contributed by atoms with Gasteiger partial charge in [0.15, 0.2) is 0 Å². The van der Waals surface area contributed by atoms with Gasteiger partial charge in [-0.2, -0.15) is 0 Å². The van der Waals surface area contributed by atoms with Crippen LogP contribution in [0, 0.1) is 5.82 Å². The molecule has 0 atom stereocenters. The number of nitrogens with one attached hydrogen (secondary N) is 2. The standard InChI is InChI=1S/C22H25FN4O3S/c1-13(2)30-22(28)27-15-5-3-14(4-6-15)20-25-12-19(31-20)17-8-7-16(11-18(17)23)26-21-24-9-10-29-21/h7-15H,3-6H2,1-2H3,(H,24,26)(H,27,28). The number of hydrogen-bond donors (Lipinski definition) is 2. The summed E-state index contributed by atoms with van der Waals surface area (Å²) in [7, 11) is 0. The van der Waals surface area contributed by atoms with Crippen molar-refractivity contribution < 1.29 is 18.3 Å². The number of thiazole rings is 1. The molecule has 0 aliphatic heterocycles. The van der Waals surface area contributed by atoms with Gasteiger partial charge in [-0.1, -0.05) is 0 Å². The first-order valence-corrected chi connectivity index (χ1v) is 11.2. The van der Waals surface area contributed by atoms with Gasteiger partial charge in [0.1, 0.15) is 12.1 Å². The van der Waals surface area contributed by atoms with E-state index in [2.05, 4.69) is 20.6 Å². The first-order valence-electron chi connectivity index (χ1n) is 10.4. The van der Waals surface area contributed by atoms with Crippen LogP contribution < -0.4 is 10.6 Å². The Hall–Kier alpha value is -2.94. The Morgan fingerprint density at radius 3 is 2.74 bits per heavy atom. The molecule has 1 saturated carbocycles. The van der Waals surface area contributed by atoms with E-state index in [1.807, 2.05) is 13.8 Å². The molecule has 3 aromatic rings. The molecule has 0 bridgehead atoms. The lowest BCUT2D eigenvalue weighted by atomic mass is 9.86. The molecule has 1 aromatic carbocycles. The van der Waals surface area contributed by atoms with E-state index in [1.54, 1.807) is 18.3 Å². The third kappa shape index (κ3) is 5.41. The molecule has 164 valence electrons. The van der Waals surface area contributed by atoms with Crippen molar-refractivity contribution in [3.05, 3.63) is 47.7 Å². The zero-order valence-electron chi connectivity index (χ0n) is 17.4. The Bertz CT molecular complexity index is 1010. The number of oxazole rings is 1. The number of alkyl carbamates (subject to hydrolysis) is 1. The van der Waals surface area contributed by atoms with Crippen LogP contribution in [-0.2, 0) is 4.74 Å². The third-order valence-corrected chi connectivity index (χ3v) is 6.38. The van der Waals surface area contributed by atoms with Crippen molar-refractivity contribution in [3.8, 4) is 10.4 Å². The SMILES string of the molecule is CC(C)OC(=O)NC1CCC(c2ncc(-c3ccc(Nc4ncco4)cc3F)s2)CC1. The highest BCUT2D eigenvalue weighted by Crippen LogP contribution is 2.38. The second-order valence-corrected chi connectivity index (χ2v) is 8.93. The van der Waals surface area contributed by atoms with Gasteiger partial charge in [-0.25, -0.2) is 19.2 Å². The number of aromatic nitrogens is 2. The molecule has 1 aliphatic rings. The lowest BCUT2D eigenvalue weighted by molar-refractivity contribution is 0.109. The lowest BCUT2D eigenvalue weighted by Gasteiger charge is -2.28. The first-order chi connectivity index (χ1) is 15.0. The molecular formula is C22H25FN4O3S. The van der Waals surface area contributed by atoms with E-state index in [1.165, 1.54) is 29.9 Å². The van der Waals surface area contributed by atoms with E-state index in [0.717, 1.165) is 35.6 Å². The van der Waals surface area contributed by atoms with Crippen LogP contribution >= 0.6 is 11.3 Å². The van der Waals surface area contributed by atoms with Gasteiger partial charge in [0.2, 0.25) is 0 Å². The Morgan fingerprint density at radius 1 is 1.26 bits per heavy atom. The number of ether oxygens (including phenoxy) is 1. The fraction of sp³-hybridized carbons (Fsp3) is 0.409. The van der Waals surface area contributed by atoms with E-state index in [0.29, 0.717) is 23.2 Å². The zero-order valence-corrected chi connectivity index (χ0v) is 18.2.